The van der Waals surface area contributed by atoms with Crippen molar-refractivity contribution in [2.24, 2.45) is 5.10 Å². The average Bonchev–Trinajstić information content (AvgIpc) is 2.65. The lowest BCUT2D eigenvalue weighted by atomic mass is 10.2. The Kier molecular flexibility index (Phi) is 7.32. The van der Waals surface area contributed by atoms with Crippen molar-refractivity contribution >= 4 is 23.6 Å². The number of carbonyl (C=O) groups excluding carboxylic acids is 1. The van der Waals surface area contributed by atoms with Crippen LogP contribution in [0.3, 0.4) is 0 Å². The molecule has 0 unspecified atom stereocenters. The fourth-order valence-electron chi connectivity index (χ4n) is 2.40. The fraction of sp³-hybridized carbons (Fsp3) is 0.263. The minimum atomic E-state index is -0.552. The zero-order valence-electron chi connectivity index (χ0n) is 15.9. The molecule has 0 aromatic heterocycles. The highest BCUT2D eigenvalue weighted by molar-refractivity contribution is 5.91. The summed E-state index contributed by atoms with van der Waals surface area (Å²) in [5.74, 6) is 0.307. The van der Waals surface area contributed by atoms with E-state index in [9.17, 15) is 14.9 Å². The molecule has 9 heteroatoms. The van der Waals surface area contributed by atoms with Crippen LogP contribution < -0.4 is 20.2 Å². The summed E-state index contributed by atoms with van der Waals surface area (Å²) in [7, 11) is 0. The Bertz CT molecular complexity index is 883. The van der Waals surface area contributed by atoms with Crippen LogP contribution in [0.2, 0.25) is 0 Å². The van der Waals surface area contributed by atoms with E-state index >= 15 is 0 Å². The van der Waals surface area contributed by atoms with Crippen LogP contribution in [0, 0.1) is 17.0 Å². The van der Waals surface area contributed by atoms with E-state index in [-0.39, 0.29) is 23.8 Å². The zero-order chi connectivity index (χ0) is 20.5. The van der Waals surface area contributed by atoms with Crippen molar-refractivity contribution in [2.75, 3.05) is 18.5 Å². The van der Waals surface area contributed by atoms with Crippen LogP contribution in [-0.2, 0) is 0 Å². The first-order valence-corrected chi connectivity index (χ1v) is 8.70. The summed E-state index contributed by atoms with van der Waals surface area (Å²) in [6.45, 7) is 5.93. The number of para-hydroxylation sites is 1. The lowest BCUT2D eigenvalue weighted by Crippen LogP contribution is -2.24. The summed E-state index contributed by atoms with van der Waals surface area (Å²) >= 11 is 0. The number of anilines is 1. The summed E-state index contributed by atoms with van der Waals surface area (Å²) in [6, 6.07) is 9.64. The molecule has 28 heavy (non-hydrogen) atoms. The lowest BCUT2D eigenvalue weighted by molar-refractivity contribution is -0.385. The van der Waals surface area contributed by atoms with Crippen molar-refractivity contribution in [3.8, 4) is 11.5 Å². The number of nitrogens with one attached hydrogen (secondary N) is 2. The van der Waals surface area contributed by atoms with Crippen molar-refractivity contribution < 1.29 is 19.2 Å². The molecule has 148 valence electrons. The third-order valence-electron chi connectivity index (χ3n) is 3.62. The largest absolute Gasteiger partial charge is 0.490 e. The molecule has 2 rings (SSSR count). The van der Waals surface area contributed by atoms with Gasteiger partial charge in [0.05, 0.1) is 24.4 Å². The monoisotopic (exact) mass is 386 g/mol. The highest BCUT2D eigenvalue weighted by Crippen LogP contribution is 2.38. The topological polar surface area (TPSA) is 115 Å². The van der Waals surface area contributed by atoms with E-state index in [4.69, 9.17) is 9.47 Å². The summed E-state index contributed by atoms with van der Waals surface area (Å²) in [5.41, 5.74) is 4.04. The number of benzene rings is 2. The molecule has 2 N–H and O–H groups in total. The molecule has 0 spiro atoms. The SMILES string of the molecule is CCOc1cc(/C=N\NC(=O)Nc2ccccc2C)cc([N+](=O)[O-])c1OCC. The number of aryl methyl sites for hydroxylation is 1. The van der Waals surface area contributed by atoms with E-state index < -0.39 is 11.0 Å². The van der Waals surface area contributed by atoms with Gasteiger partial charge in [-0.05, 0) is 38.5 Å². The van der Waals surface area contributed by atoms with E-state index in [0.29, 0.717) is 17.9 Å². The Balaban J connectivity index is 2.17. The van der Waals surface area contributed by atoms with Crippen LogP contribution in [0.4, 0.5) is 16.2 Å². The summed E-state index contributed by atoms with van der Waals surface area (Å²) in [4.78, 5) is 22.8. The minimum Gasteiger partial charge on any atom is -0.490 e. The van der Waals surface area contributed by atoms with Gasteiger partial charge in [-0.3, -0.25) is 10.1 Å². The van der Waals surface area contributed by atoms with Gasteiger partial charge in [0, 0.05) is 17.3 Å². The Labute approximate surface area is 162 Å². The van der Waals surface area contributed by atoms with Gasteiger partial charge in [-0.2, -0.15) is 5.10 Å². The maximum atomic E-state index is 11.9. The standard InChI is InChI=1S/C19H22N4O5/c1-4-27-17-11-14(10-16(23(25)26)18(17)28-5-2)12-20-22-19(24)21-15-9-7-6-8-13(15)3/h6-12H,4-5H2,1-3H3,(H2,21,22,24)/b20-12-. The predicted octanol–water partition coefficient (Wildman–Crippen LogP) is 3.86. The van der Waals surface area contributed by atoms with E-state index in [0.717, 1.165) is 5.56 Å². The van der Waals surface area contributed by atoms with E-state index in [2.05, 4.69) is 15.8 Å². The highest BCUT2D eigenvalue weighted by atomic mass is 16.6. The second-order valence-electron chi connectivity index (χ2n) is 5.63. The number of urea groups is 1. The van der Waals surface area contributed by atoms with Crippen molar-refractivity contribution in [1.29, 1.82) is 0 Å². The number of carbonyl (C=O) groups is 1. The average molecular weight is 386 g/mol. The fourth-order valence-corrected chi connectivity index (χ4v) is 2.40. The first-order chi connectivity index (χ1) is 13.5. The van der Waals surface area contributed by atoms with Gasteiger partial charge in [-0.1, -0.05) is 18.2 Å². The Morgan fingerprint density at radius 2 is 1.93 bits per heavy atom. The molecule has 0 atom stereocenters. The lowest BCUT2D eigenvalue weighted by Gasteiger charge is -2.11. The molecule has 0 aliphatic carbocycles. The third-order valence-corrected chi connectivity index (χ3v) is 3.62. The van der Waals surface area contributed by atoms with Crippen LogP contribution in [0.1, 0.15) is 25.0 Å². The molecular weight excluding hydrogens is 364 g/mol. The number of hydrogen-bond donors (Lipinski definition) is 2. The molecule has 9 nitrogen and oxygen atoms in total. The number of nitrogens with zero attached hydrogens (tertiary/aromatic N) is 2. The van der Waals surface area contributed by atoms with Gasteiger partial charge in [0.15, 0.2) is 5.75 Å². The van der Waals surface area contributed by atoms with Crippen LogP contribution in [0.25, 0.3) is 0 Å². The van der Waals surface area contributed by atoms with Gasteiger partial charge in [-0.15, -0.1) is 0 Å². The van der Waals surface area contributed by atoms with Gasteiger partial charge in [-0.25, -0.2) is 10.2 Å². The smallest absolute Gasteiger partial charge is 0.339 e. The van der Waals surface area contributed by atoms with Crippen LogP contribution in [0.5, 0.6) is 11.5 Å². The Morgan fingerprint density at radius 3 is 2.57 bits per heavy atom. The summed E-state index contributed by atoms with van der Waals surface area (Å²) in [6.07, 6.45) is 1.29. The highest BCUT2D eigenvalue weighted by Gasteiger charge is 2.22. The van der Waals surface area contributed by atoms with Gasteiger partial charge < -0.3 is 14.8 Å². The number of nitro benzene ring substituents is 1. The van der Waals surface area contributed by atoms with Gasteiger partial charge in [0.25, 0.3) is 0 Å². The van der Waals surface area contributed by atoms with Gasteiger partial charge in [0.2, 0.25) is 5.75 Å². The van der Waals surface area contributed by atoms with E-state index in [1.54, 1.807) is 32.0 Å². The number of nitro groups is 1. The number of ether oxygens (including phenoxy) is 2. The molecule has 0 fully saturated rings. The summed E-state index contributed by atoms with van der Waals surface area (Å²) < 4.78 is 10.8. The number of amides is 2. The third kappa shape index (κ3) is 5.44. The first kappa shape index (κ1) is 20.7. The molecule has 0 radical (unpaired) electrons. The van der Waals surface area contributed by atoms with Crippen LogP contribution in [-0.4, -0.2) is 30.4 Å². The Hall–Kier alpha value is -3.62. The van der Waals surface area contributed by atoms with Crippen LogP contribution >= 0.6 is 0 Å². The number of hydrazone groups is 1. The molecule has 0 aliphatic heterocycles. The van der Waals surface area contributed by atoms with E-state index in [1.165, 1.54) is 12.3 Å². The molecule has 2 aromatic rings. The van der Waals surface area contributed by atoms with Crippen molar-refractivity contribution in [3.05, 3.63) is 57.6 Å². The quantitative estimate of drug-likeness (QED) is 0.406. The van der Waals surface area contributed by atoms with E-state index in [1.807, 2.05) is 19.1 Å². The van der Waals surface area contributed by atoms with Crippen LogP contribution in [0.15, 0.2) is 41.5 Å². The van der Waals surface area contributed by atoms with Crippen molar-refractivity contribution in [3.63, 3.8) is 0 Å². The van der Waals surface area contributed by atoms with Gasteiger partial charge in [0.1, 0.15) is 0 Å². The van der Waals surface area contributed by atoms with Crippen molar-refractivity contribution in [1.82, 2.24) is 5.43 Å². The zero-order valence-corrected chi connectivity index (χ0v) is 15.9. The van der Waals surface area contributed by atoms with Crippen molar-refractivity contribution in [2.45, 2.75) is 20.8 Å². The molecule has 2 amide bonds. The number of hydrogen-bond acceptors (Lipinski definition) is 6. The molecule has 0 bridgehead atoms. The first-order valence-electron chi connectivity index (χ1n) is 8.70. The molecule has 2 aromatic carbocycles. The molecule has 0 saturated carbocycles. The second kappa shape index (κ2) is 9.91. The molecule has 0 heterocycles. The maximum absolute atomic E-state index is 11.9. The Morgan fingerprint density at radius 1 is 1.21 bits per heavy atom. The second-order valence-corrected chi connectivity index (χ2v) is 5.63. The minimum absolute atomic E-state index is 0.0664. The number of rotatable bonds is 8. The molecular formula is C19H22N4O5. The predicted molar refractivity (Wildman–Crippen MR) is 106 cm³/mol. The maximum Gasteiger partial charge on any atom is 0.339 e. The van der Waals surface area contributed by atoms with Gasteiger partial charge >= 0.3 is 11.7 Å². The molecule has 0 saturated heterocycles. The summed E-state index contributed by atoms with van der Waals surface area (Å²) in [5, 5.41) is 17.9. The normalized spacial score (nSPS) is 10.5. The molecule has 0 aliphatic rings.